The molecule has 2 heteroatoms. The van der Waals surface area contributed by atoms with Gasteiger partial charge in [-0.2, -0.15) is 0 Å². The lowest BCUT2D eigenvalue weighted by molar-refractivity contribution is 1.14. The van der Waals surface area contributed by atoms with Crippen molar-refractivity contribution in [2.75, 3.05) is 0 Å². The minimum Gasteiger partial charge on any atom is -0.312 e. The van der Waals surface area contributed by atoms with Crippen molar-refractivity contribution in [2.24, 2.45) is 0 Å². The first-order chi connectivity index (χ1) is 9.83. The summed E-state index contributed by atoms with van der Waals surface area (Å²) in [7, 11) is 0. The number of nitrogens with zero attached hydrogens (tertiary/aromatic N) is 2. The van der Waals surface area contributed by atoms with Crippen LogP contribution in [0.2, 0.25) is 0 Å². The fraction of sp³-hybridized carbons (Fsp3) is 0.0556. The van der Waals surface area contributed by atoms with Crippen LogP contribution in [0.5, 0.6) is 0 Å². The van der Waals surface area contributed by atoms with Crippen LogP contribution in [0.3, 0.4) is 0 Å². The van der Waals surface area contributed by atoms with Crippen molar-refractivity contribution in [1.29, 1.82) is 0 Å². The SMILES string of the molecule is Cc1ccc(/C(=C/n2ccnc2)c2ccccc2)cc1. The average molecular weight is 260 g/mol. The molecule has 0 N–H and O–H groups in total. The molecule has 2 aromatic carbocycles. The molecule has 0 bridgehead atoms. The van der Waals surface area contributed by atoms with E-state index in [0.29, 0.717) is 0 Å². The summed E-state index contributed by atoms with van der Waals surface area (Å²) in [6, 6.07) is 19.0. The third-order valence-electron chi connectivity index (χ3n) is 3.25. The summed E-state index contributed by atoms with van der Waals surface area (Å²) in [5, 5.41) is 0. The van der Waals surface area contributed by atoms with Crippen LogP contribution in [0.25, 0.3) is 11.8 Å². The molecule has 0 aliphatic heterocycles. The predicted octanol–water partition coefficient (Wildman–Crippen LogP) is 4.24. The molecule has 20 heavy (non-hydrogen) atoms. The second-order valence-electron chi connectivity index (χ2n) is 4.78. The van der Waals surface area contributed by atoms with Crippen LogP contribution in [0, 0.1) is 6.92 Å². The summed E-state index contributed by atoms with van der Waals surface area (Å²) >= 11 is 0. The second-order valence-corrected chi connectivity index (χ2v) is 4.78. The summed E-state index contributed by atoms with van der Waals surface area (Å²) in [5.41, 5.74) is 4.85. The maximum atomic E-state index is 4.10. The largest absolute Gasteiger partial charge is 0.312 e. The van der Waals surface area contributed by atoms with Crippen molar-refractivity contribution >= 4 is 11.8 Å². The Kier molecular flexibility index (Phi) is 3.46. The fourth-order valence-electron chi connectivity index (χ4n) is 2.16. The molecule has 3 rings (SSSR count). The molecule has 0 atom stereocenters. The number of hydrogen-bond donors (Lipinski definition) is 0. The lowest BCUT2D eigenvalue weighted by Gasteiger charge is -2.09. The van der Waals surface area contributed by atoms with Crippen LogP contribution in [0.1, 0.15) is 16.7 Å². The van der Waals surface area contributed by atoms with Crippen molar-refractivity contribution in [2.45, 2.75) is 6.92 Å². The van der Waals surface area contributed by atoms with Gasteiger partial charge in [-0.3, -0.25) is 0 Å². The number of imidazole rings is 1. The molecule has 0 spiro atoms. The summed E-state index contributed by atoms with van der Waals surface area (Å²) in [5.74, 6) is 0. The standard InChI is InChI=1S/C18H16N2/c1-15-7-9-17(10-8-15)18(13-20-12-11-19-14-20)16-5-3-2-4-6-16/h2-14H,1H3/b18-13+. The van der Waals surface area contributed by atoms with E-state index in [9.17, 15) is 0 Å². The quantitative estimate of drug-likeness (QED) is 0.688. The summed E-state index contributed by atoms with van der Waals surface area (Å²) in [4.78, 5) is 4.10. The lowest BCUT2D eigenvalue weighted by atomic mass is 9.98. The molecule has 0 saturated heterocycles. The molecule has 0 aliphatic carbocycles. The van der Waals surface area contributed by atoms with Gasteiger partial charge < -0.3 is 4.57 Å². The van der Waals surface area contributed by atoms with E-state index in [0.717, 1.165) is 0 Å². The molecule has 0 aliphatic rings. The van der Waals surface area contributed by atoms with Crippen molar-refractivity contribution in [3.63, 3.8) is 0 Å². The maximum absolute atomic E-state index is 4.10. The molecule has 98 valence electrons. The monoisotopic (exact) mass is 260 g/mol. The van der Waals surface area contributed by atoms with E-state index in [-0.39, 0.29) is 0 Å². The summed E-state index contributed by atoms with van der Waals surface area (Å²) in [6.45, 7) is 2.10. The maximum Gasteiger partial charge on any atom is 0.0986 e. The molecule has 0 amide bonds. The van der Waals surface area contributed by atoms with Gasteiger partial charge in [0.15, 0.2) is 0 Å². The smallest absolute Gasteiger partial charge is 0.0986 e. The van der Waals surface area contributed by atoms with Crippen LogP contribution >= 0.6 is 0 Å². The molecule has 2 nitrogen and oxygen atoms in total. The third kappa shape index (κ3) is 2.69. The molecular weight excluding hydrogens is 244 g/mol. The van der Waals surface area contributed by atoms with Gasteiger partial charge in [0.05, 0.1) is 6.33 Å². The zero-order chi connectivity index (χ0) is 13.8. The van der Waals surface area contributed by atoms with Gasteiger partial charge in [0.2, 0.25) is 0 Å². The first-order valence-corrected chi connectivity index (χ1v) is 6.65. The topological polar surface area (TPSA) is 17.8 Å². The zero-order valence-corrected chi connectivity index (χ0v) is 11.4. The van der Waals surface area contributed by atoms with Crippen LogP contribution in [-0.4, -0.2) is 9.55 Å². The molecule has 0 radical (unpaired) electrons. The first-order valence-electron chi connectivity index (χ1n) is 6.65. The van der Waals surface area contributed by atoms with Gasteiger partial charge in [0, 0.05) is 24.2 Å². The normalized spacial score (nSPS) is 11.6. The first kappa shape index (κ1) is 12.4. The van der Waals surface area contributed by atoms with E-state index in [2.05, 4.69) is 66.6 Å². The van der Waals surface area contributed by atoms with Gasteiger partial charge in [0.25, 0.3) is 0 Å². The fourth-order valence-corrected chi connectivity index (χ4v) is 2.16. The van der Waals surface area contributed by atoms with Gasteiger partial charge in [-0.25, -0.2) is 4.98 Å². The number of aryl methyl sites for hydroxylation is 1. The zero-order valence-electron chi connectivity index (χ0n) is 11.4. The molecule has 1 aromatic heterocycles. The highest BCUT2D eigenvalue weighted by molar-refractivity contribution is 5.87. The highest BCUT2D eigenvalue weighted by Crippen LogP contribution is 2.24. The van der Waals surface area contributed by atoms with Crippen molar-refractivity contribution in [3.8, 4) is 0 Å². The van der Waals surface area contributed by atoms with Crippen LogP contribution in [0.4, 0.5) is 0 Å². The van der Waals surface area contributed by atoms with Gasteiger partial charge in [-0.15, -0.1) is 0 Å². The van der Waals surface area contributed by atoms with Crippen LogP contribution in [0.15, 0.2) is 73.3 Å². The Morgan fingerprint density at radius 1 is 0.950 bits per heavy atom. The summed E-state index contributed by atoms with van der Waals surface area (Å²) < 4.78 is 1.97. The Labute approximate surface area is 119 Å². The Bertz CT molecular complexity index is 693. The van der Waals surface area contributed by atoms with Crippen molar-refractivity contribution in [1.82, 2.24) is 9.55 Å². The molecule has 0 saturated carbocycles. The van der Waals surface area contributed by atoms with E-state index in [1.807, 2.05) is 16.8 Å². The number of aromatic nitrogens is 2. The van der Waals surface area contributed by atoms with Crippen LogP contribution in [-0.2, 0) is 0 Å². The highest BCUT2D eigenvalue weighted by atomic mass is 15.0. The van der Waals surface area contributed by atoms with Gasteiger partial charge in [-0.05, 0) is 18.1 Å². The molecule has 1 heterocycles. The van der Waals surface area contributed by atoms with Crippen LogP contribution < -0.4 is 0 Å². The second kappa shape index (κ2) is 5.57. The molecular formula is C18H16N2. The molecule has 0 fully saturated rings. The average Bonchev–Trinajstić information content (AvgIpc) is 3.00. The minimum atomic E-state index is 1.18. The Morgan fingerprint density at radius 3 is 2.30 bits per heavy atom. The van der Waals surface area contributed by atoms with Gasteiger partial charge in [-0.1, -0.05) is 60.2 Å². The van der Waals surface area contributed by atoms with E-state index < -0.39 is 0 Å². The van der Waals surface area contributed by atoms with E-state index in [1.165, 1.54) is 22.3 Å². The van der Waals surface area contributed by atoms with E-state index >= 15 is 0 Å². The molecule has 0 unspecified atom stereocenters. The third-order valence-corrected chi connectivity index (χ3v) is 3.25. The number of benzene rings is 2. The number of rotatable bonds is 3. The van der Waals surface area contributed by atoms with Gasteiger partial charge in [0.1, 0.15) is 0 Å². The van der Waals surface area contributed by atoms with E-state index in [4.69, 9.17) is 0 Å². The molecule has 3 aromatic rings. The Hall–Kier alpha value is -2.61. The minimum absolute atomic E-state index is 1.18. The summed E-state index contributed by atoms with van der Waals surface area (Å²) in [6.07, 6.45) is 7.63. The highest BCUT2D eigenvalue weighted by Gasteiger charge is 2.04. The number of hydrogen-bond acceptors (Lipinski definition) is 1. The van der Waals surface area contributed by atoms with Crippen molar-refractivity contribution in [3.05, 3.63) is 90.0 Å². The Morgan fingerprint density at radius 2 is 1.65 bits per heavy atom. The van der Waals surface area contributed by atoms with Gasteiger partial charge >= 0.3 is 0 Å². The Balaban J connectivity index is 2.11. The predicted molar refractivity (Wildman–Crippen MR) is 83.1 cm³/mol. The lowest BCUT2D eigenvalue weighted by Crippen LogP contribution is -1.91. The van der Waals surface area contributed by atoms with Crippen molar-refractivity contribution < 1.29 is 0 Å². The van der Waals surface area contributed by atoms with E-state index in [1.54, 1.807) is 12.5 Å².